The molecule has 2 atom stereocenters. The number of alkyl halides is 6. The molecule has 0 bridgehead atoms. The average Bonchev–Trinajstić information content (AvgIpc) is 2.67. The maximum Gasteiger partial charge on any atom is 0.404 e. The van der Waals surface area contributed by atoms with Gasteiger partial charge in [-0.1, -0.05) is 42.5 Å². The maximum atomic E-state index is 13.2. The highest BCUT2D eigenvalue weighted by Gasteiger charge is 2.57. The second kappa shape index (κ2) is 9.08. The highest BCUT2D eigenvalue weighted by Crippen LogP contribution is 2.47. The van der Waals surface area contributed by atoms with Gasteiger partial charge in [0.25, 0.3) is 0 Å². The average molecular weight is 446 g/mol. The van der Waals surface area contributed by atoms with Crippen LogP contribution in [-0.4, -0.2) is 31.0 Å². The summed E-state index contributed by atoms with van der Waals surface area (Å²) in [6.45, 7) is 0.650. The van der Waals surface area contributed by atoms with Crippen LogP contribution < -0.4 is 10.6 Å². The highest BCUT2D eigenvalue weighted by molar-refractivity contribution is 5.40. The van der Waals surface area contributed by atoms with E-state index in [-0.39, 0.29) is 24.1 Å². The molecule has 2 N–H and O–H groups in total. The molecule has 2 aromatic carbocycles. The van der Waals surface area contributed by atoms with Crippen molar-refractivity contribution in [2.75, 3.05) is 13.7 Å². The van der Waals surface area contributed by atoms with E-state index in [1.54, 1.807) is 5.01 Å². The maximum absolute atomic E-state index is 13.2. The Kier molecular flexibility index (Phi) is 6.85. The lowest BCUT2D eigenvalue weighted by atomic mass is 9.81. The number of nitrogens with zero attached hydrogens (tertiary/aromatic N) is 1. The van der Waals surface area contributed by atoms with Crippen LogP contribution in [0.1, 0.15) is 41.5 Å². The van der Waals surface area contributed by atoms with Crippen molar-refractivity contribution < 1.29 is 31.1 Å². The van der Waals surface area contributed by atoms with Crippen LogP contribution in [0, 0.1) is 5.92 Å². The molecule has 1 fully saturated rings. The molecule has 3 nitrogen and oxygen atoms in total. The van der Waals surface area contributed by atoms with Gasteiger partial charge in [-0.05, 0) is 47.9 Å². The molecule has 31 heavy (non-hydrogen) atoms. The third kappa shape index (κ3) is 5.33. The van der Waals surface area contributed by atoms with E-state index in [1.807, 2.05) is 30.3 Å². The smallest absolute Gasteiger partial charge is 0.404 e. The number of nitrogens with two attached hydrogens (primary N) is 1. The summed E-state index contributed by atoms with van der Waals surface area (Å²) in [6, 6.07) is 12.2. The molecule has 1 aliphatic heterocycles. The van der Waals surface area contributed by atoms with E-state index in [0.717, 1.165) is 30.5 Å². The van der Waals surface area contributed by atoms with Crippen LogP contribution in [-0.2, 0) is 6.42 Å². The van der Waals surface area contributed by atoms with E-state index in [9.17, 15) is 26.3 Å². The van der Waals surface area contributed by atoms with E-state index < -0.39 is 23.8 Å². The minimum atomic E-state index is -5.45. The molecule has 0 aliphatic carbocycles. The molecule has 0 unspecified atom stereocenters. The fourth-order valence-electron chi connectivity index (χ4n) is 4.41. The molecule has 3 rings (SSSR count). The number of benzene rings is 2. The van der Waals surface area contributed by atoms with Crippen LogP contribution in [0.4, 0.5) is 26.3 Å². The number of ether oxygens (including phenoxy) is 1. The summed E-state index contributed by atoms with van der Waals surface area (Å²) < 4.78 is 84.7. The minimum Gasteiger partial charge on any atom is -0.496 e. The lowest BCUT2D eigenvalue weighted by Crippen LogP contribution is -2.44. The van der Waals surface area contributed by atoms with Crippen LogP contribution in [0.5, 0.6) is 5.75 Å². The number of rotatable bonds is 5. The summed E-state index contributed by atoms with van der Waals surface area (Å²) in [5.74, 6) is 2.83. The number of hydrogen-bond acceptors (Lipinski definition) is 3. The molecule has 0 spiro atoms. The van der Waals surface area contributed by atoms with Crippen LogP contribution in [0.25, 0.3) is 0 Å². The van der Waals surface area contributed by atoms with Gasteiger partial charge in [0.15, 0.2) is 5.92 Å². The van der Waals surface area contributed by atoms with Crippen molar-refractivity contribution in [2.45, 2.75) is 43.6 Å². The van der Waals surface area contributed by atoms with Gasteiger partial charge in [0.1, 0.15) is 5.75 Å². The standard InChI is InChI=1S/C22H24F6N2O/c1-31-18-10-9-16(20(21(23,24)25)22(26,27)28)13-17(18)12-15-8-5-11-30(29)19(15)14-6-3-2-4-7-14/h2-4,6-7,9-10,13,15,19-20H,5,8,11-12,29H2,1H3/t15-,19+/m0/s1. The third-order valence-corrected chi connectivity index (χ3v) is 5.71. The van der Waals surface area contributed by atoms with E-state index in [4.69, 9.17) is 10.6 Å². The van der Waals surface area contributed by atoms with Crippen LogP contribution >= 0.6 is 0 Å². The zero-order chi connectivity index (χ0) is 22.8. The van der Waals surface area contributed by atoms with Crippen molar-refractivity contribution in [3.8, 4) is 5.75 Å². The van der Waals surface area contributed by atoms with Crippen molar-refractivity contribution in [3.05, 3.63) is 65.2 Å². The Hall–Kier alpha value is -2.26. The van der Waals surface area contributed by atoms with Gasteiger partial charge in [-0.3, -0.25) is 5.84 Å². The number of methoxy groups -OCH3 is 1. The minimum absolute atomic E-state index is 0.0967. The number of piperidine rings is 1. The topological polar surface area (TPSA) is 38.5 Å². The molecule has 170 valence electrons. The molecule has 9 heteroatoms. The Morgan fingerprint density at radius 1 is 1.03 bits per heavy atom. The fourth-order valence-corrected chi connectivity index (χ4v) is 4.41. The SMILES string of the molecule is COc1ccc(C(C(F)(F)F)C(F)(F)F)cc1C[C@@H]1CCCN(N)[C@@H]1c1ccccc1. The third-order valence-electron chi connectivity index (χ3n) is 5.71. The zero-order valence-corrected chi connectivity index (χ0v) is 16.9. The Morgan fingerprint density at radius 2 is 1.68 bits per heavy atom. The molecular formula is C22H24F6N2O. The van der Waals surface area contributed by atoms with Crippen molar-refractivity contribution >= 4 is 0 Å². The van der Waals surface area contributed by atoms with Gasteiger partial charge >= 0.3 is 12.4 Å². The first kappa shape index (κ1) is 23.4. The molecule has 1 saturated heterocycles. The number of hydrazine groups is 1. The first-order valence-electron chi connectivity index (χ1n) is 9.89. The van der Waals surface area contributed by atoms with Crippen molar-refractivity contribution in [2.24, 2.45) is 11.8 Å². The van der Waals surface area contributed by atoms with E-state index in [2.05, 4.69) is 0 Å². The zero-order valence-electron chi connectivity index (χ0n) is 16.9. The number of halogens is 6. The summed E-state index contributed by atoms with van der Waals surface area (Å²) in [5, 5.41) is 1.69. The Balaban J connectivity index is 1.98. The molecule has 2 aromatic rings. The summed E-state index contributed by atoms with van der Waals surface area (Å²) in [7, 11) is 1.34. The van der Waals surface area contributed by atoms with Gasteiger partial charge in [-0.15, -0.1) is 0 Å². The van der Waals surface area contributed by atoms with E-state index in [0.29, 0.717) is 12.1 Å². The highest BCUT2D eigenvalue weighted by atomic mass is 19.4. The second-order valence-electron chi connectivity index (χ2n) is 7.79. The molecule has 1 aliphatic rings. The van der Waals surface area contributed by atoms with E-state index in [1.165, 1.54) is 13.2 Å². The Labute approximate surface area is 176 Å². The van der Waals surface area contributed by atoms with Gasteiger partial charge in [0.05, 0.1) is 13.2 Å². The quantitative estimate of drug-likeness (QED) is 0.468. The fraction of sp³-hybridized carbons (Fsp3) is 0.455. The normalized spacial score (nSPS) is 20.8. The first-order valence-corrected chi connectivity index (χ1v) is 9.89. The molecular weight excluding hydrogens is 422 g/mol. The summed E-state index contributed by atoms with van der Waals surface area (Å²) >= 11 is 0. The predicted octanol–water partition coefficient (Wildman–Crippen LogP) is 5.77. The summed E-state index contributed by atoms with van der Waals surface area (Å²) in [4.78, 5) is 0. The van der Waals surface area contributed by atoms with Crippen LogP contribution in [0.2, 0.25) is 0 Å². The van der Waals surface area contributed by atoms with Gasteiger partial charge < -0.3 is 4.74 Å². The molecule has 0 aromatic heterocycles. The number of hydrogen-bond donors (Lipinski definition) is 1. The summed E-state index contributed by atoms with van der Waals surface area (Å²) in [6.07, 6.45) is -9.14. The molecule has 0 saturated carbocycles. The van der Waals surface area contributed by atoms with Gasteiger partial charge in [-0.2, -0.15) is 26.3 Å². The van der Waals surface area contributed by atoms with Crippen molar-refractivity contribution in [3.63, 3.8) is 0 Å². The van der Waals surface area contributed by atoms with Crippen LogP contribution in [0.15, 0.2) is 48.5 Å². The summed E-state index contributed by atoms with van der Waals surface area (Å²) in [5.41, 5.74) is 0.417. The van der Waals surface area contributed by atoms with E-state index >= 15 is 0 Å². The largest absolute Gasteiger partial charge is 0.496 e. The van der Waals surface area contributed by atoms with Gasteiger partial charge in [0.2, 0.25) is 0 Å². The first-order chi connectivity index (χ1) is 14.5. The van der Waals surface area contributed by atoms with Gasteiger partial charge in [-0.25, -0.2) is 5.01 Å². The van der Waals surface area contributed by atoms with Crippen molar-refractivity contribution in [1.82, 2.24) is 5.01 Å². The lowest BCUT2D eigenvalue weighted by molar-refractivity contribution is -0.253. The molecule has 0 radical (unpaired) electrons. The lowest BCUT2D eigenvalue weighted by Gasteiger charge is -2.39. The molecule has 1 heterocycles. The molecule has 0 amide bonds. The van der Waals surface area contributed by atoms with Crippen LogP contribution in [0.3, 0.4) is 0 Å². The Morgan fingerprint density at radius 3 is 2.26 bits per heavy atom. The van der Waals surface area contributed by atoms with Gasteiger partial charge in [0, 0.05) is 6.54 Å². The predicted molar refractivity (Wildman–Crippen MR) is 104 cm³/mol. The van der Waals surface area contributed by atoms with Crippen molar-refractivity contribution in [1.29, 1.82) is 0 Å². The Bertz CT molecular complexity index is 855. The monoisotopic (exact) mass is 446 g/mol. The second-order valence-corrected chi connectivity index (χ2v) is 7.79.